The number of hydrogen-bond donors (Lipinski definition) is 1. The zero-order chi connectivity index (χ0) is 12.0. The Labute approximate surface area is 102 Å². The van der Waals surface area contributed by atoms with Crippen molar-refractivity contribution in [3.8, 4) is 6.07 Å². The number of hydrogen-bond acceptors (Lipinski definition) is 3. The van der Waals surface area contributed by atoms with Crippen molar-refractivity contribution in [3.05, 3.63) is 28.8 Å². The topological polar surface area (TPSA) is 39.1 Å². The highest BCUT2D eigenvalue weighted by atomic mass is 35.5. The van der Waals surface area contributed by atoms with Crippen LogP contribution in [0.2, 0.25) is 5.02 Å². The molecule has 0 saturated heterocycles. The molecule has 0 spiro atoms. The summed E-state index contributed by atoms with van der Waals surface area (Å²) in [6.45, 7) is 4.90. The van der Waals surface area contributed by atoms with Crippen molar-refractivity contribution in [3.63, 3.8) is 0 Å². The average molecular weight is 238 g/mol. The quantitative estimate of drug-likeness (QED) is 0.856. The summed E-state index contributed by atoms with van der Waals surface area (Å²) in [6.07, 6.45) is 0. The Hall–Kier alpha value is -1.24. The largest absolute Gasteiger partial charge is 0.383 e. The molecule has 0 heterocycles. The molecule has 16 heavy (non-hydrogen) atoms. The van der Waals surface area contributed by atoms with Gasteiger partial charge < -0.3 is 10.2 Å². The highest BCUT2D eigenvalue weighted by Crippen LogP contribution is 2.19. The Bertz CT molecular complexity index is 384. The summed E-state index contributed by atoms with van der Waals surface area (Å²) in [5.74, 6) is 0. The van der Waals surface area contributed by atoms with Crippen LogP contribution in [-0.4, -0.2) is 31.6 Å². The van der Waals surface area contributed by atoms with Gasteiger partial charge in [0.15, 0.2) is 0 Å². The van der Waals surface area contributed by atoms with Crippen molar-refractivity contribution < 1.29 is 0 Å². The third-order valence-corrected chi connectivity index (χ3v) is 2.69. The van der Waals surface area contributed by atoms with Gasteiger partial charge in [-0.25, -0.2) is 0 Å². The molecule has 0 atom stereocenters. The molecule has 1 N–H and O–H groups in total. The van der Waals surface area contributed by atoms with Crippen LogP contribution in [0.4, 0.5) is 5.69 Å². The maximum Gasteiger partial charge on any atom is 0.101 e. The van der Waals surface area contributed by atoms with E-state index >= 15 is 0 Å². The molecule has 0 aromatic heterocycles. The van der Waals surface area contributed by atoms with E-state index in [2.05, 4.69) is 30.3 Å². The minimum atomic E-state index is 0.589. The molecule has 4 heteroatoms. The lowest BCUT2D eigenvalue weighted by Crippen LogP contribution is -2.24. The van der Waals surface area contributed by atoms with Crippen LogP contribution in [-0.2, 0) is 0 Å². The van der Waals surface area contributed by atoms with Crippen molar-refractivity contribution in [2.24, 2.45) is 0 Å². The Morgan fingerprint density at radius 3 is 2.88 bits per heavy atom. The van der Waals surface area contributed by atoms with Gasteiger partial charge in [0, 0.05) is 18.1 Å². The smallest absolute Gasteiger partial charge is 0.101 e. The minimum absolute atomic E-state index is 0.589. The van der Waals surface area contributed by atoms with Crippen LogP contribution >= 0.6 is 11.6 Å². The molecule has 1 aromatic carbocycles. The lowest BCUT2D eigenvalue weighted by Gasteiger charge is -2.15. The fraction of sp³-hybridized carbons (Fsp3) is 0.417. The van der Waals surface area contributed by atoms with E-state index in [1.54, 1.807) is 12.1 Å². The summed E-state index contributed by atoms with van der Waals surface area (Å²) in [6, 6.07) is 7.43. The summed E-state index contributed by atoms with van der Waals surface area (Å²) in [5, 5.41) is 12.8. The molecule has 1 aromatic rings. The molecule has 0 aliphatic carbocycles. The van der Waals surface area contributed by atoms with Gasteiger partial charge in [0.05, 0.1) is 11.3 Å². The first-order valence-electron chi connectivity index (χ1n) is 5.29. The fourth-order valence-corrected chi connectivity index (χ4v) is 1.47. The molecule has 0 saturated carbocycles. The predicted octanol–water partition coefficient (Wildman–Crippen LogP) is 2.58. The van der Waals surface area contributed by atoms with Gasteiger partial charge in [-0.05, 0) is 31.8 Å². The number of nitrogens with zero attached hydrogens (tertiary/aromatic N) is 2. The Morgan fingerprint density at radius 1 is 1.50 bits per heavy atom. The van der Waals surface area contributed by atoms with Gasteiger partial charge in [-0.15, -0.1) is 0 Å². The zero-order valence-corrected chi connectivity index (χ0v) is 10.4. The number of halogens is 1. The second-order valence-corrected chi connectivity index (χ2v) is 4.06. The Kier molecular flexibility index (Phi) is 5.10. The van der Waals surface area contributed by atoms with E-state index in [1.165, 1.54) is 0 Å². The third kappa shape index (κ3) is 3.73. The molecule has 0 aliphatic rings. The molecule has 0 fully saturated rings. The first-order valence-corrected chi connectivity index (χ1v) is 5.67. The number of anilines is 1. The molecule has 3 nitrogen and oxygen atoms in total. The molecular formula is C12H16ClN3. The second-order valence-electron chi connectivity index (χ2n) is 3.62. The Morgan fingerprint density at radius 2 is 2.25 bits per heavy atom. The van der Waals surface area contributed by atoms with E-state index in [0.717, 1.165) is 25.3 Å². The van der Waals surface area contributed by atoms with Gasteiger partial charge in [0.25, 0.3) is 0 Å². The number of likely N-dealkylation sites (N-methyl/N-ethyl adjacent to an activating group) is 1. The fourth-order valence-electron chi connectivity index (χ4n) is 1.30. The van der Waals surface area contributed by atoms with E-state index in [0.29, 0.717) is 10.6 Å². The lowest BCUT2D eigenvalue weighted by atomic mass is 10.2. The van der Waals surface area contributed by atoms with Crippen molar-refractivity contribution in [2.75, 3.05) is 32.0 Å². The van der Waals surface area contributed by atoms with E-state index in [4.69, 9.17) is 16.9 Å². The van der Waals surface area contributed by atoms with Crippen molar-refractivity contribution in [2.45, 2.75) is 6.92 Å². The summed E-state index contributed by atoms with van der Waals surface area (Å²) in [4.78, 5) is 2.20. The highest BCUT2D eigenvalue weighted by molar-refractivity contribution is 6.30. The third-order valence-electron chi connectivity index (χ3n) is 2.45. The average Bonchev–Trinajstić information content (AvgIpc) is 2.30. The number of nitrogens with one attached hydrogen (secondary N) is 1. The minimum Gasteiger partial charge on any atom is -0.383 e. The maximum absolute atomic E-state index is 8.94. The van der Waals surface area contributed by atoms with E-state index in [9.17, 15) is 0 Å². The number of rotatable bonds is 5. The first-order chi connectivity index (χ1) is 7.67. The molecule has 0 unspecified atom stereocenters. The zero-order valence-electron chi connectivity index (χ0n) is 9.63. The molecule has 0 bridgehead atoms. The standard InChI is InChI=1S/C12H16ClN3/c1-3-16(2)7-6-15-12-5-4-11(13)8-10(12)9-14/h4-5,8,15H,3,6-7H2,1-2H3. The van der Waals surface area contributed by atoms with Gasteiger partial charge in [-0.2, -0.15) is 5.26 Å². The Balaban J connectivity index is 2.57. The van der Waals surface area contributed by atoms with E-state index in [1.807, 2.05) is 6.07 Å². The van der Waals surface area contributed by atoms with Crippen LogP contribution in [0.25, 0.3) is 0 Å². The molecule has 0 aliphatic heterocycles. The summed E-state index contributed by atoms with van der Waals surface area (Å²) >= 11 is 5.82. The SMILES string of the molecule is CCN(C)CCNc1ccc(Cl)cc1C#N. The molecule has 0 radical (unpaired) electrons. The van der Waals surface area contributed by atoms with Crippen molar-refractivity contribution >= 4 is 17.3 Å². The first kappa shape index (κ1) is 12.8. The second kappa shape index (κ2) is 6.37. The number of nitriles is 1. The lowest BCUT2D eigenvalue weighted by molar-refractivity contribution is 0.367. The van der Waals surface area contributed by atoms with Gasteiger partial charge in [0.1, 0.15) is 6.07 Å². The van der Waals surface area contributed by atoms with E-state index in [-0.39, 0.29) is 0 Å². The number of benzene rings is 1. The van der Waals surface area contributed by atoms with Gasteiger partial charge in [-0.1, -0.05) is 18.5 Å². The molecule has 0 amide bonds. The van der Waals surface area contributed by atoms with E-state index < -0.39 is 0 Å². The van der Waals surface area contributed by atoms with Gasteiger partial charge in [0.2, 0.25) is 0 Å². The van der Waals surface area contributed by atoms with Crippen molar-refractivity contribution in [1.29, 1.82) is 5.26 Å². The molecule has 86 valence electrons. The maximum atomic E-state index is 8.94. The van der Waals surface area contributed by atoms with Gasteiger partial charge in [-0.3, -0.25) is 0 Å². The monoisotopic (exact) mass is 237 g/mol. The normalized spacial score (nSPS) is 10.2. The van der Waals surface area contributed by atoms with Crippen LogP contribution < -0.4 is 5.32 Å². The van der Waals surface area contributed by atoms with Crippen LogP contribution in [0.15, 0.2) is 18.2 Å². The van der Waals surface area contributed by atoms with Crippen molar-refractivity contribution in [1.82, 2.24) is 4.90 Å². The summed E-state index contributed by atoms with van der Waals surface area (Å²) in [7, 11) is 2.06. The highest BCUT2D eigenvalue weighted by Gasteiger charge is 2.02. The van der Waals surface area contributed by atoms with Gasteiger partial charge >= 0.3 is 0 Å². The molecular weight excluding hydrogens is 222 g/mol. The van der Waals surface area contributed by atoms with Crippen LogP contribution in [0, 0.1) is 11.3 Å². The van der Waals surface area contributed by atoms with Crippen LogP contribution in [0.5, 0.6) is 0 Å². The van der Waals surface area contributed by atoms with Crippen LogP contribution in [0.3, 0.4) is 0 Å². The predicted molar refractivity (Wildman–Crippen MR) is 67.8 cm³/mol. The summed E-state index contributed by atoms with van der Waals surface area (Å²) < 4.78 is 0. The van der Waals surface area contributed by atoms with Crippen LogP contribution in [0.1, 0.15) is 12.5 Å². The summed E-state index contributed by atoms with van der Waals surface area (Å²) in [5.41, 5.74) is 1.43. The molecule has 1 rings (SSSR count).